The average molecular weight is 431 g/mol. The van der Waals surface area contributed by atoms with Gasteiger partial charge in [-0.15, -0.1) is 0 Å². The van der Waals surface area contributed by atoms with Crippen molar-refractivity contribution < 1.29 is 9.13 Å². The van der Waals surface area contributed by atoms with Gasteiger partial charge in [0.2, 0.25) is 0 Å². The third-order valence-electron chi connectivity index (χ3n) is 5.74. The molecule has 1 saturated carbocycles. The zero-order valence-corrected chi connectivity index (χ0v) is 16.6. The van der Waals surface area contributed by atoms with E-state index in [9.17, 15) is 4.39 Å². The van der Waals surface area contributed by atoms with Crippen molar-refractivity contribution >= 4 is 26.8 Å². The first-order chi connectivity index (χ1) is 13.1. The number of halogens is 2. The summed E-state index contributed by atoms with van der Waals surface area (Å²) in [5, 5.41) is 8.39. The van der Waals surface area contributed by atoms with E-state index in [1.165, 1.54) is 11.1 Å². The fourth-order valence-corrected chi connectivity index (χ4v) is 4.52. The minimum Gasteiger partial charge on any atom is -0.496 e. The Morgan fingerprint density at radius 3 is 2.96 bits per heavy atom. The quantitative estimate of drug-likeness (QED) is 0.630. The van der Waals surface area contributed by atoms with E-state index >= 15 is 0 Å². The minimum atomic E-state index is -1.05. The highest BCUT2D eigenvalue weighted by Gasteiger charge is 2.47. The van der Waals surface area contributed by atoms with Crippen LogP contribution in [0.2, 0.25) is 0 Å². The first-order valence-corrected chi connectivity index (χ1v) is 9.94. The van der Waals surface area contributed by atoms with Crippen molar-refractivity contribution in [2.45, 2.75) is 31.0 Å². The Morgan fingerprint density at radius 1 is 1.33 bits per heavy atom. The van der Waals surface area contributed by atoms with Crippen LogP contribution in [0.1, 0.15) is 35.6 Å². The molecule has 2 aliphatic rings. The van der Waals surface area contributed by atoms with Crippen molar-refractivity contribution in [1.29, 1.82) is 0 Å². The van der Waals surface area contributed by atoms with Gasteiger partial charge in [-0.2, -0.15) is 5.10 Å². The largest absolute Gasteiger partial charge is 0.496 e. The summed E-state index contributed by atoms with van der Waals surface area (Å²) in [7, 11) is 1.66. The number of pyridine rings is 1. The zero-order valence-electron chi connectivity index (χ0n) is 15.0. The second-order valence-electron chi connectivity index (χ2n) is 7.49. The smallest absolute Gasteiger partial charge is 0.128 e. The molecule has 5 nitrogen and oxygen atoms in total. The molecule has 7 heteroatoms. The molecule has 140 valence electrons. The van der Waals surface area contributed by atoms with Crippen molar-refractivity contribution in [3.8, 4) is 5.75 Å². The molecule has 0 bridgehead atoms. The van der Waals surface area contributed by atoms with Gasteiger partial charge >= 0.3 is 0 Å². The Morgan fingerprint density at radius 2 is 2.19 bits per heavy atom. The number of H-pyrrole nitrogens is 1. The SMILES string of the molecule is COc1cc(Br)ncc1C1c2ccc3[nH]ncc3c2CCN1CC1(F)CC1. The molecular weight excluding hydrogens is 411 g/mol. The van der Waals surface area contributed by atoms with Crippen molar-refractivity contribution in [2.75, 3.05) is 20.2 Å². The molecule has 1 fully saturated rings. The zero-order chi connectivity index (χ0) is 18.6. The van der Waals surface area contributed by atoms with Gasteiger partial charge in [-0.05, 0) is 52.4 Å². The van der Waals surface area contributed by atoms with Gasteiger partial charge < -0.3 is 4.74 Å². The molecule has 2 aromatic heterocycles. The van der Waals surface area contributed by atoms with Gasteiger partial charge in [0.05, 0.1) is 24.9 Å². The van der Waals surface area contributed by atoms with Crippen LogP contribution in [0, 0.1) is 0 Å². The van der Waals surface area contributed by atoms with E-state index in [-0.39, 0.29) is 6.04 Å². The first kappa shape index (κ1) is 17.1. The fraction of sp³-hybridized carbons (Fsp3) is 0.400. The lowest BCUT2D eigenvalue weighted by atomic mass is 9.86. The summed E-state index contributed by atoms with van der Waals surface area (Å²) in [4.78, 5) is 6.68. The van der Waals surface area contributed by atoms with Crippen LogP contribution in [0.5, 0.6) is 5.75 Å². The Kier molecular flexibility index (Phi) is 3.98. The molecule has 3 aromatic rings. The molecule has 0 radical (unpaired) electrons. The van der Waals surface area contributed by atoms with Gasteiger partial charge in [0.25, 0.3) is 0 Å². The molecule has 1 N–H and O–H groups in total. The third kappa shape index (κ3) is 2.93. The summed E-state index contributed by atoms with van der Waals surface area (Å²) >= 11 is 3.42. The predicted molar refractivity (Wildman–Crippen MR) is 105 cm³/mol. The summed E-state index contributed by atoms with van der Waals surface area (Å²) in [5.41, 5.74) is 3.41. The number of alkyl halides is 1. The number of hydrogen-bond acceptors (Lipinski definition) is 4. The molecule has 0 saturated heterocycles. The number of methoxy groups -OCH3 is 1. The number of benzene rings is 1. The maximum Gasteiger partial charge on any atom is 0.128 e. The summed E-state index contributed by atoms with van der Waals surface area (Å²) in [6, 6.07) is 5.97. The standard InChI is InChI=1S/C20H20BrFN4O/c1-27-17-8-18(21)23-9-15(17)19-13-2-3-16-14(10-24-25-16)12(13)4-7-26(19)11-20(22)5-6-20/h2-3,8-10,19H,4-7,11H2,1H3,(H,24,25). The highest BCUT2D eigenvalue weighted by molar-refractivity contribution is 9.10. The first-order valence-electron chi connectivity index (χ1n) is 9.15. The van der Waals surface area contributed by atoms with Gasteiger partial charge in [0, 0.05) is 36.3 Å². The number of hydrogen-bond donors (Lipinski definition) is 1. The van der Waals surface area contributed by atoms with Crippen LogP contribution in [0.4, 0.5) is 4.39 Å². The lowest BCUT2D eigenvalue weighted by Crippen LogP contribution is -2.40. The number of nitrogens with zero attached hydrogens (tertiary/aromatic N) is 3. The Hall–Kier alpha value is -1.99. The van der Waals surface area contributed by atoms with Gasteiger partial charge in [-0.25, -0.2) is 9.37 Å². The van der Waals surface area contributed by atoms with Crippen LogP contribution in [-0.2, 0) is 6.42 Å². The van der Waals surface area contributed by atoms with E-state index in [4.69, 9.17) is 4.74 Å². The van der Waals surface area contributed by atoms with Crippen molar-refractivity contribution in [1.82, 2.24) is 20.1 Å². The topological polar surface area (TPSA) is 54.0 Å². The van der Waals surface area contributed by atoms with Crippen LogP contribution < -0.4 is 4.74 Å². The Labute approximate surface area is 165 Å². The molecule has 1 aliphatic carbocycles. The monoisotopic (exact) mass is 430 g/mol. The van der Waals surface area contributed by atoms with Crippen molar-refractivity contribution in [3.05, 3.63) is 51.9 Å². The molecule has 1 aliphatic heterocycles. The maximum absolute atomic E-state index is 14.7. The van der Waals surface area contributed by atoms with E-state index in [1.54, 1.807) is 7.11 Å². The minimum absolute atomic E-state index is 0.0863. The lowest BCUT2D eigenvalue weighted by molar-refractivity contribution is 0.139. The molecular formula is C20H20BrFN4O. The second-order valence-corrected chi connectivity index (χ2v) is 8.30. The summed E-state index contributed by atoms with van der Waals surface area (Å²) < 4.78 is 21.1. The molecule has 0 amide bonds. The maximum atomic E-state index is 14.7. The highest BCUT2D eigenvalue weighted by atomic mass is 79.9. The van der Waals surface area contributed by atoms with Crippen LogP contribution in [-0.4, -0.2) is 45.9 Å². The van der Waals surface area contributed by atoms with E-state index in [1.807, 2.05) is 18.5 Å². The van der Waals surface area contributed by atoms with Crippen LogP contribution in [0.25, 0.3) is 10.9 Å². The summed E-state index contributed by atoms with van der Waals surface area (Å²) in [6.45, 7) is 1.24. The summed E-state index contributed by atoms with van der Waals surface area (Å²) in [6.07, 6.45) is 5.91. The molecule has 1 atom stereocenters. The Balaban J connectivity index is 1.68. The van der Waals surface area contributed by atoms with Crippen molar-refractivity contribution in [3.63, 3.8) is 0 Å². The fourth-order valence-electron chi connectivity index (χ4n) is 4.21. The van der Waals surface area contributed by atoms with E-state index in [2.05, 4.69) is 48.1 Å². The Bertz CT molecular complexity index is 1020. The number of aromatic nitrogens is 3. The number of ether oxygens (including phenoxy) is 1. The number of aromatic amines is 1. The molecule has 5 rings (SSSR count). The second kappa shape index (κ2) is 6.27. The van der Waals surface area contributed by atoms with Crippen LogP contribution >= 0.6 is 15.9 Å². The summed E-state index contributed by atoms with van der Waals surface area (Å²) in [5.74, 6) is 0.760. The number of nitrogens with one attached hydrogen (secondary N) is 1. The van der Waals surface area contributed by atoms with E-state index in [0.717, 1.165) is 39.8 Å². The molecule has 1 aromatic carbocycles. The highest BCUT2D eigenvalue weighted by Crippen LogP contribution is 2.46. The normalized spacial score (nSPS) is 21.2. The van der Waals surface area contributed by atoms with Gasteiger partial charge in [-0.1, -0.05) is 6.07 Å². The van der Waals surface area contributed by atoms with Gasteiger partial charge in [0.15, 0.2) is 0 Å². The van der Waals surface area contributed by atoms with E-state index in [0.29, 0.717) is 19.4 Å². The van der Waals surface area contributed by atoms with Crippen LogP contribution in [0.15, 0.2) is 35.2 Å². The van der Waals surface area contributed by atoms with Gasteiger partial charge in [0.1, 0.15) is 16.0 Å². The van der Waals surface area contributed by atoms with E-state index < -0.39 is 5.67 Å². The van der Waals surface area contributed by atoms with Crippen LogP contribution in [0.3, 0.4) is 0 Å². The molecule has 1 unspecified atom stereocenters. The van der Waals surface area contributed by atoms with Crippen molar-refractivity contribution in [2.24, 2.45) is 0 Å². The molecule has 0 spiro atoms. The third-order valence-corrected chi connectivity index (χ3v) is 6.17. The number of fused-ring (bicyclic) bond motifs is 3. The number of rotatable bonds is 4. The predicted octanol–water partition coefficient (Wildman–Crippen LogP) is 4.18. The van der Waals surface area contributed by atoms with Gasteiger partial charge in [-0.3, -0.25) is 10.00 Å². The molecule has 27 heavy (non-hydrogen) atoms. The lowest BCUT2D eigenvalue weighted by Gasteiger charge is -2.39. The molecule has 3 heterocycles. The average Bonchev–Trinajstić information content (AvgIpc) is 3.19.